The van der Waals surface area contributed by atoms with Gasteiger partial charge in [0.2, 0.25) is 53.2 Å². The molecule has 1 saturated heterocycles. The van der Waals surface area contributed by atoms with Gasteiger partial charge in [-0.3, -0.25) is 58.0 Å². The Kier molecular flexibility index (Phi) is 21.8. The monoisotopic (exact) mass is 1020 g/mol. The normalized spacial score (nSPS) is 16.7. The summed E-state index contributed by atoms with van der Waals surface area (Å²) in [6.07, 6.45) is -1.14. The summed E-state index contributed by atoms with van der Waals surface area (Å²) in [5.74, 6) is -9.77. The molecule has 6 atom stereocenters. The van der Waals surface area contributed by atoms with Crippen molar-refractivity contribution in [1.29, 1.82) is 0 Å². The summed E-state index contributed by atoms with van der Waals surface area (Å²) < 4.78 is 10.6. The Morgan fingerprint density at radius 1 is 0.726 bits per heavy atom. The van der Waals surface area contributed by atoms with Gasteiger partial charge in [0.05, 0.1) is 56.9 Å². The summed E-state index contributed by atoms with van der Waals surface area (Å²) in [6, 6.07) is 7.47. The van der Waals surface area contributed by atoms with Crippen molar-refractivity contribution in [2.75, 3.05) is 53.0 Å². The van der Waals surface area contributed by atoms with Crippen LogP contribution in [-0.4, -0.2) is 157 Å². The van der Waals surface area contributed by atoms with Gasteiger partial charge in [-0.2, -0.15) is 0 Å². The van der Waals surface area contributed by atoms with E-state index >= 15 is 0 Å². The third kappa shape index (κ3) is 17.2. The molecule has 1 aliphatic heterocycles. The first-order valence-electron chi connectivity index (χ1n) is 22.9. The van der Waals surface area contributed by atoms with Gasteiger partial charge in [0.15, 0.2) is 11.9 Å². The number of carbonyl (C=O) groups is 10. The zero-order valence-electron chi connectivity index (χ0n) is 39.9. The second-order valence-electron chi connectivity index (χ2n) is 16.7. The van der Waals surface area contributed by atoms with Crippen LogP contribution in [0.4, 0.5) is 0 Å². The molecule has 28 nitrogen and oxygen atoms in total. The van der Waals surface area contributed by atoms with E-state index in [1.807, 2.05) is 0 Å². The quantitative estimate of drug-likeness (QED) is 0.0124. The number of nitrogens with two attached hydrogens (primary N) is 5. The van der Waals surface area contributed by atoms with E-state index in [1.54, 1.807) is 30.3 Å². The number of methoxy groups -OCH3 is 1. The van der Waals surface area contributed by atoms with E-state index in [1.165, 1.54) is 19.2 Å². The van der Waals surface area contributed by atoms with Gasteiger partial charge in [0.1, 0.15) is 30.5 Å². The second kappa shape index (κ2) is 27.8. The minimum Gasteiger partial charge on any atom is -0.489 e. The molecule has 18 N–H and O–H groups in total. The van der Waals surface area contributed by atoms with Gasteiger partial charge in [0, 0.05) is 26.1 Å². The van der Waals surface area contributed by atoms with Gasteiger partial charge >= 0.3 is 5.97 Å². The fraction of sp³-hybridized carbons (Fsp3) is 0.467. The number of imide groups is 1. The molecule has 9 amide bonds. The van der Waals surface area contributed by atoms with Gasteiger partial charge in [-0.05, 0) is 73.1 Å². The van der Waals surface area contributed by atoms with Crippen LogP contribution >= 0.6 is 0 Å². The number of hydrogen-bond acceptors (Lipinski definition) is 16. The number of esters is 1. The average Bonchev–Trinajstić information content (AvgIpc) is 3.60. The topological polar surface area (TPSA) is 460 Å². The SMILES string of the molecule is COC(=O)c1ccc(OCc2cccc3c2[C@@H](O)[C@H]2C(=O)N(CCC(=O)NCC(=O)N[C@@H](CCCN=C(N)N)C(=O)NCC(=O)N[C@@H](CO)C(=O)NCC(=O)N[C@@H](CCCN=C(N)N)C(N)=O)C(=O)[C@H]2C3)cc1. The number of guanidine groups is 2. The maximum absolute atomic E-state index is 13.6. The fourth-order valence-electron chi connectivity index (χ4n) is 7.89. The molecule has 4 rings (SSSR count). The van der Waals surface area contributed by atoms with Crippen LogP contribution < -0.4 is 65.3 Å². The molecule has 2 aromatic rings. The number of aliphatic imine (C=N–C) groups is 2. The van der Waals surface area contributed by atoms with Gasteiger partial charge in [-0.1, -0.05) is 18.2 Å². The number of rotatable bonds is 28. The maximum Gasteiger partial charge on any atom is 0.337 e. The lowest BCUT2D eigenvalue weighted by Gasteiger charge is -2.31. The predicted octanol–water partition coefficient (Wildman–Crippen LogP) is -5.98. The van der Waals surface area contributed by atoms with Crippen molar-refractivity contribution in [3.63, 3.8) is 0 Å². The molecule has 28 heteroatoms. The number of benzene rings is 2. The highest BCUT2D eigenvalue weighted by Crippen LogP contribution is 2.45. The van der Waals surface area contributed by atoms with Gasteiger partial charge < -0.3 is 80.3 Å². The predicted molar refractivity (Wildman–Crippen MR) is 256 cm³/mol. The lowest BCUT2D eigenvalue weighted by atomic mass is 9.74. The maximum atomic E-state index is 13.6. The van der Waals surface area contributed by atoms with Crippen molar-refractivity contribution in [3.8, 4) is 5.75 Å². The molecular formula is C45H62N14O14. The molecular weight excluding hydrogens is 961 g/mol. The number of hydrogen-bond donors (Lipinski definition) is 13. The third-order valence-corrected chi connectivity index (χ3v) is 11.5. The minimum atomic E-state index is -1.58. The van der Waals surface area contributed by atoms with Crippen LogP contribution in [0.5, 0.6) is 5.75 Å². The van der Waals surface area contributed by atoms with E-state index in [0.29, 0.717) is 34.4 Å². The highest BCUT2D eigenvalue weighted by Gasteiger charge is 2.54. The van der Waals surface area contributed by atoms with Crippen LogP contribution in [0.15, 0.2) is 52.4 Å². The minimum absolute atomic E-state index is 0.00447. The number of fused-ring (bicyclic) bond motifs is 2. The first-order valence-corrected chi connectivity index (χ1v) is 22.9. The Balaban J connectivity index is 1.25. The van der Waals surface area contributed by atoms with Crippen molar-refractivity contribution < 1.29 is 67.6 Å². The Hall–Kier alpha value is -8.40. The summed E-state index contributed by atoms with van der Waals surface area (Å²) in [5.41, 5.74) is 28.6. The number of amides is 9. The molecule has 1 aliphatic carbocycles. The van der Waals surface area contributed by atoms with Gasteiger partial charge in [-0.25, -0.2) is 4.79 Å². The van der Waals surface area contributed by atoms with Crippen LogP contribution in [0.25, 0.3) is 0 Å². The highest BCUT2D eigenvalue weighted by molar-refractivity contribution is 6.06. The van der Waals surface area contributed by atoms with Gasteiger partial charge in [-0.15, -0.1) is 0 Å². The van der Waals surface area contributed by atoms with Crippen molar-refractivity contribution in [2.45, 2.75) is 69.4 Å². The Morgan fingerprint density at radius 2 is 1.27 bits per heavy atom. The fourth-order valence-corrected chi connectivity index (χ4v) is 7.89. The van der Waals surface area contributed by atoms with Crippen LogP contribution in [0, 0.1) is 11.8 Å². The molecule has 1 heterocycles. The van der Waals surface area contributed by atoms with Gasteiger partial charge in [0.25, 0.3) is 0 Å². The van der Waals surface area contributed by atoms with E-state index in [0.717, 1.165) is 4.90 Å². The molecule has 1 fully saturated rings. The molecule has 73 heavy (non-hydrogen) atoms. The number of likely N-dealkylation sites (tertiary alicyclic amines) is 1. The molecule has 0 aromatic heterocycles. The largest absolute Gasteiger partial charge is 0.489 e. The zero-order valence-corrected chi connectivity index (χ0v) is 39.9. The first-order chi connectivity index (χ1) is 34.7. The number of aliphatic hydroxyl groups excluding tert-OH is 2. The Bertz CT molecular complexity index is 2430. The van der Waals surface area contributed by atoms with E-state index in [-0.39, 0.29) is 63.8 Å². The summed E-state index contributed by atoms with van der Waals surface area (Å²) in [7, 11) is 1.27. The zero-order chi connectivity index (χ0) is 53.8. The van der Waals surface area contributed by atoms with Crippen molar-refractivity contribution in [2.24, 2.45) is 50.5 Å². The summed E-state index contributed by atoms with van der Waals surface area (Å²) in [5, 5.41) is 35.2. The summed E-state index contributed by atoms with van der Waals surface area (Å²) in [6.45, 7) is -3.11. The van der Waals surface area contributed by atoms with Crippen LogP contribution in [-0.2, 0) is 60.9 Å². The summed E-state index contributed by atoms with van der Waals surface area (Å²) in [4.78, 5) is 136. The Labute approximate surface area is 417 Å². The van der Waals surface area contributed by atoms with Crippen molar-refractivity contribution in [3.05, 3.63) is 64.7 Å². The molecule has 0 spiro atoms. The lowest BCUT2D eigenvalue weighted by molar-refractivity contribution is -0.141. The standard InChI is InChI=1S/C45H62N14O14/c1-72-43(71)23-9-11-26(12-10-23)73-22-25-6-2-5-24-17-27-36(37(65)35(24)25)42(70)59(41(27)69)16-13-31(61)53-18-32(62)57-29(8-4-15-52-45(49)50)39(67)54-20-34(64)58-30(21-60)40(68)55-19-33(63)56-28(38(46)66)7-3-14-51-44(47)48/h2,5-6,9-12,27-30,36-37,60,65H,3-4,7-8,13-22H2,1H3,(H2,46,66)(H,53,61)(H,54,67)(H,55,68)(H,56,63)(H,57,62)(H,58,64)(H4,47,48,51)(H4,49,50,52)/t27-,28-,29-,30-,36-,37+/m0/s1. The lowest BCUT2D eigenvalue weighted by Crippen LogP contribution is -2.55. The number of aliphatic hydroxyl groups is 2. The number of ether oxygens (including phenoxy) is 2. The van der Waals surface area contributed by atoms with E-state index < -0.39 is 128 Å². The summed E-state index contributed by atoms with van der Waals surface area (Å²) >= 11 is 0. The van der Waals surface area contributed by atoms with E-state index in [9.17, 15) is 58.2 Å². The number of nitrogens with one attached hydrogen (secondary N) is 6. The molecule has 396 valence electrons. The van der Waals surface area contributed by atoms with Crippen molar-refractivity contribution in [1.82, 2.24) is 36.8 Å². The number of carbonyl (C=O) groups excluding carboxylic acids is 10. The molecule has 0 radical (unpaired) electrons. The highest BCUT2D eigenvalue weighted by atomic mass is 16.5. The molecule has 0 bridgehead atoms. The Morgan fingerprint density at radius 3 is 1.84 bits per heavy atom. The third-order valence-electron chi connectivity index (χ3n) is 11.5. The second-order valence-corrected chi connectivity index (χ2v) is 16.7. The van der Waals surface area contributed by atoms with E-state index in [4.69, 9.17) is 38.1 Å². The smallest absolute Gasteiger partial charge is 0.337 e. The molecule has 2 aromatic carbocycles. The first kappa shape index (κ1) is 57.2. The number of nitrogens with zero attached hydrogens (tertiary/aromatic N) is 3. The molecule has 0 unspecified atom stereocenters. The van der Waals surface area contributed by atoms with Crippen LogP contribution in [0.2, 0.25) is 0 Å². The number of primary amides is 1. The molecule has 2 aliphatic rings. The average molecular weight is 1020 g/mol. The van der Waals surface area contributed by atoms with Crippen LogP contribution in [0.3, 0.4) is 0 Å². The molecule has 0 saturated carbocycles. The van der Waals surface area contributed by atoms with E-state index in [2.05, 4.69) is 41.9 Å². The van der Waals surface area contributed by atoms with Crippen molar-refractivity contribution >= 4 is 71.1 Å². The van der Waals surface area contributed by atoms with Crippen LogP contribution in [0.1, 0.15) is 65.3 Å².